The Morgan fingerprint density at radius 2 is 1.84 bits per heavy atom. The van der Waals surface area contributed by atoms with Crippen molar-refractivity contribution in [3.05, 3.63) is 64.2 Å². The van der Waals surface area contributed by atoms with Gasteiger partial charge in [-0.3, -0.25) is 14.4 Å². The minimum atomic E-state index is -0.871. The van der Waals surface area contributed by atoms with Crippen LogP contribution >= 0.6 is 11.8 Å². The molecule has 2 aromatic rings. The highest BCUT2D eigenvalue weighted by Crippen LogP contribution is 2.54. The highest BCUT2D eigenvalue weighted by molar-refractivity contribution is 8.04. The maximum Gasteiger partial charge on any atom is 0.342 e. The van der Waals surface area contributed by atoms with Gasteiger partial charge in [-0.25, -0.2) is 9.69 Å². The second-order valence-electron chi connectivity index (χ2n) is 7.57. The zero-order chi connectivity index (χ0) is 22.7. The lowest BCUT2D eigenvalue weighted by atomic mass is 9.77. The van der Waals surface area contributed by atoms with E-state index in [1.807, 2.05) is 0 Å². The van der Waals surface area contributed by atoms with Crippen LogP contribution in [-0.4, -0.2) is 41.1 Å². The number of phenols is 1. The number of thioether (sulfide) groups is 1. The number of rotatable bonds is 2. The van der Waals surface area contributed by atoms with Crippen molar-refractivity contribution in [2.45, 2.75) is 11.2 Å². The van der Waals surface area contributed by atoms with E-state index >= 15 is 0 Å². The van der Waals surface area contributed by atoms with Gasteiger partial charge < -0.3 is 20.9 Å². The lowest BCUT2D eigenvalue weighted by molar-refractivity contribution is -0.131. The van der Waals surface area contributed by atoms with Crippen LogP contribution in [0, 0.1) is 5.92 Å². The Hall–Kier alpha value is -3.79. The maximum atomic E-state index is 13.5. The molecule has 0 spiro atoms. The number of anilines is 1. The van der Waals surface area contributed by atoms with Crippen LogP contribution in [0.3, 0.4) is 0 Å². The van der Waals surface area contributed by atoms with E-state index in [0.29, 0.717) is 16.8 Å². The number of fused-ring (bicyclic) bond motifs is 5. The summed E-state index contributed by atoms with van der Waals surface area (Å²) in [7, 11) is 1.51. The number of hydrogen-bond acceptors (Lipinski definition) is 8. The van der Waals surface area contributed by atoms with E-state index in [0.717, 1.165) is 16.7 Å². The fourth-order valence-corrected chi connectivity index (χ4v) is 5.64. The van der Waals surface area contributed by atoms with Crippen LogP contribution < -0.4 is 20.7 Å². The summed E-state index contributed by atoms with van der Waals surface area (Å²) < 4.78 is 5.32. The number of imide groups is 1. The zero-order valence-corrected chi connectivity index (χ0v) is 17.5. The van der Waals surface area contributed by atoms with E-state index in [4.69, 9.17) is 10.5 Å². The zero-order valence-electron chi connectivity index (χ0n) is 16.7. The Kier molecular flexibility index (Phi) is 4.48. The van der Waals surface area contributed by atoms with Crippen molar-refractivity contribution in [2.75, 3.05) is 11.9 Å². The monoisotopic (exact) mass is 451 g/mol. The average Bonchev–Trinajstić information content (AvgIpc) is 3.02. The van der Waals surface area contributed by atoms with Gasteiger partial charge in [0.25, 0.3) is 5.91 Å². The molecule has 0 aliphatic carbocycles. The molecule has 3 amide bonds. The van der Waals surface area contributed by atoms with Gasteiger partial charge >= 0.3 is 5.97 Å². The molecule has 2 aromatic carbocycles. The van der Waals surface area contributed by atoms with Gasteiger partial charge in [0.2, 0.25) is 11.8 Å². The van der Waals surface area contributed by atoms with Crippen LogP contribution in [0.2, 0.25) is 0 Å². The third-order valence-electron chi connectivity index (χ3n) is 5.85. The number of phenolic OH excluding ortho intramolecular Hbond substituents is 1. The first-order chi connectivity index (χ1) is 15.3. The summed E-state index contributed by atoms with van der Waals surface area (Å²) in [5.74, 6) is -3.51. The molecule has 0 radical (unpaired) electrons. The van der Waals surface area contributed by atoms with Gasteiger partial charge in [-0.1, -0.05) is 17.8 Å². The molecule has 3 aliphatic rings. The smallest absolute Gasteiger partial charge is 0.342 e. The number of esters is 1. The van der Waals surface area contributed by atoms with Crippen molar-refractivity contribution in [2.24, 2.45) is 11.7 Å². The van der Waals surface area contributed by atoms with Gasteiger partial charge in [0.05, 0.1) is 22.2 Å². The number of benzene rings is 2. The summed E-state index contributed by atoms with van der Waals surface area (Å²) in [4.78, 5) is 52.3. The second-order valence-corrected chi connectivity index (χ2v) is 8.75. The first kappa shape index (κ1) is 20.1. The highest BCUT2D eigenvalue weighted by Gasteiger charge is 2.58. The maximum absolute atomic E-state index is 13.5. The van der Waals surface area contributed by atoms with Gasteiger partial charge in [0, 0.05) is 30.2 Å². The molecule has 3 aliphatic heterocycles. The number of nitrogens with two attached hydrogens (primary N) is 1. The number of nitrogens with one attached hydrogen (secondary N) is 1. The summed E-state index contributed by atoms with van der Waals surface area (Å²) >= 11 is 0.977. The molecule has 3 heterocycles. The molecule has 0 bridgehead atoms. The average molecular weight is 451 g/mol. The summed E-state index contributed by atoms with van der Waals surface area (Å²) in [5, 5.41) is 11.6. The van der Waals surface area contributed by atoms with Gasteiger partial charge in [-0.2, -0.15) is 0 Å². The predicted molar refractivity (Wildman–Crippen MR) is 115 cm³/mol. The molecular formula is C22H17N3O6S. The van der Waals surface area contributed by atoms with Crippen molar-refractivity contribution in [3.8, 4) is 11.5 Å². The van der Waals surface area contributed by atoms with Gasteiger partial charge in [-0.15, -0.1) is 0 Å². The molecule has 162 valence electrons. The predicted octanol–water partition coefficient (Wildman–Crippen LogP) is 1.23. The molecule has 1 saturated heterocycles. The minimum absolute atomic E-state index is 0.0923. The van der Waals surface area contributed by atoms with Crippen LogP contribution in [0.1, 0.15) is 21.8 Å². The summed E-state index contributed by atoms with van der Waals surface area (Å²) in [6.07, 6.45) is 0. The van der Waals surface area contributed by atoms with Crippen molar-refractivity contribution < 1.29 is 29.0 Å². The molecule has 5 rings (SSSR count). The van der Waals surface area contributed by atoms with E-state index in [2.05, 4.69) is 5.32 Å². The van der Waals surface area contributed by atoms with E-state index in [9.17, 15) is 24.3 Å². The second kappa shape index (κ2) is 7.13. The molecule has 9 nitrogen and oxygen atoms in total. The number of hydrogen-bond donors (Lipinski definition) is 3. The standard InChI is InChI=1S/C22H17N3O6S/c1-24-19(27)9-2-4-10(5-3-9)25-20(28)15-14-12-7-6-11(26)8-13(12)31-22(30)16(14)18(23)32-17(15)21(25)29/h2-8,14-15,17,26H,23H2,1H3,(H,24,27)/t14-,15+,17-/m0/s1. The summed E-state index contributed by atoms with van der Waals surface area (Å²) in [6.45, 7) is 0. The Bertz CT molecular complexity index is 1240. The molecule has 3 atom stereocenters. The normalized spacial score (nSPS) is 24.0. The number of carbonyl (C=O) groups is 4. The molecule has 0 saturated carbocycles. The Balaban J connectivity index is 1.58. The Labute approximate surface area is 186 Å². The first-order valence-corrected chi connectivity index (χ1v) is 10.6. The van der Waals surface area contributed by atoms with Crippen molar-refractivity contribution in [1.29, 1.82) is 0 Å². The lowest BCUT2D eigenvalue weighted by Crippen LogP contribution is -2.39. The van der Waals surface area contributed by atoms with Crippen LogP contribution in [-0.2, 0) is 14.4 Å². The third kappa shape index (κ3) is 2.79. The largest absolute Gasteiger partial charge is 0.508 e. The van der Waals surface area contributed by atoms with Crippen LogP contribution in [0.25, 0.3) is 0 Å². The quantitative estimate of drug-likeness (QED) is 0.352. The van der Waals surface area contributed by atoms with Gasteiger partial charge in [0.1, 0.15) is 16.7 Å². The van der Waals surface area contributed by atoms with Gasteiger partial charge in [0.15, 0.2) is 0 Å². The molecule has 32 heavy (non-hydrogen) atoms. The molecule has 10 heteroatoms. The fraction of sp³-hybridized carbons (Fsp3) is 0.182. The Morgan fingerprint density at radius 3 is 2.53 bits per heavy atom. The van der Waals surface area contributed by atoms with E-state index in [1.165, 1.54) is 43.4 Å². The molecule has 0 aromatic heterocycles. The highest BCUT2D eigenvalue weighted by atomic mass is 32.2. The Morgan fingerprint density at radius 1 is 1.12 bits per heavy atom. The van der Waals surface area contributed by atoms with E-state index < -0.39 is 34.9 Å². The van der Waals surface area contributed by atoms with Crippen LogP contribution in [0.4, 0.5) is 5.69 Å². The number of nitrogens with zero attached hydrogens (tertiary/aromatic N) is 1. The van der Waals surface area contributed by atoms with Crippen LogP contribution in [0.15, 0.2) is 53.1 Å². The SMILES string of the molecule is CNC(=O)c1ccc(N2C(=O)[C@H]3[C@H](SC(N)=C4C(=O)Oc5cc(O)ccc5[C@H]43)C2=O)cc1. The topological polar surface area (TPSA) is 139 Å². The number of amides is 3. The van der Waals surface area contributed by atoms with Crippen molar-refractivity contribution >= 4 is 41.1 Å². The number of carbonyl (C=O) groups excluding carboxylic acids is 4. The minimum Gasteiger partial charge on any atom is -0.508 e. The van der Waals surface area contributed by atoms with E-state index in [1.54, 1.807) is 6.07 Å². The third-order valence-corrected chi connectivity index (χ3v) is 7.08. The number of aromatic hydroxyl groups is 1. The van der Waals surface area contributed by atoms with Crippen LogP contribution in [0.5, 0.6) is 11.5 Å². The van der Waals surface area contributed by atoms with Crippen molar-refractivity contribution in [3.63, 3.8) is 0 Å². The summed E-state index contributed by atoms with van der Waals surface area (Å²) in [6, 6.07) is 10.4. The molecule has 4 N–H and O–H groups in total. The summed E-state index contributed by atoms with van der Waals surface area (Å²) in [5.41, 5.74) is 7.52. The number of ether oxygens (including phenoxy) is 1. The fourth-order valence-electron chi connectivity index (χ4n) is 4.40. The molecule has 1 fully saturated rings. The molecular weight excluding hydrogens is 434 g/mol. The van der Waals surface area contributed by atoms with Gasteiger partial charge in [-0.05, 0) is 30.3 Å². The van der Waals surface area contributed by atoms with E-state index in [-0.39, 0.29) is 28.0 Å². The first-order valence-electron chi connectivity index (χ1n) is 9.73. The molecule has 0 unspecified atom stereocenters. The van der Waals surface area contributed by atoms with Crippen molar-refractivity contribution in [1.82, 2.24) is 5.32 Å². The lowest BCUT2D eigenvalue weighted by Gasteiger charge is -2.36.